The Morgan fingerprint density at radius 1 is 1.04 bits per heavy atom. The van der Waals surface area contributed by atoms with Gasteiger partial charge in [-0.1, -0.05) is 18.2 Å². The van der Waals surface area contributed by atoms with Crippen LogP contribution in [0.25, 0.3) is 0 Å². The van der Waals surface area contributed by atoms with E-state index in [1.807, 2.05) is 30.3 Å². The summed E-state index contributed by atoms with van der Waals surface area (Å²) in [6.07, 6.45) is 3.79. The highest BCUT2D eigenvalue weighted by molar-refractivity contribution is 5.88. The quantitative estimate of drug-likeness (QED) is 0.728. The van der Waals surface area contributed by atoms with Crippen molar-refractivity contribution < 1.29 is 4.79 Å². The van der Waals surface area contributed by atoms with Crippen LogP contribution < -0.4 is 15.5 Å². The van der Waals surface area contributed by atoms with Crippen molar-refractivity contribution in [2.45, 2.75) is 19.8 Å². The molecule has 1 aliphatic heterocycles. The molecule has 0 fully saturated rings. The van der Waals surface area contributed by atoms with E-state index in [0.29, 0.717) is 0 Å². The highest BCUT2D eigenvalue weighted by Crippen LogP contribution is 2.33. The first-order valence-corrected chi connectivity index (χ1v) is 9.01. The van der Waals surface area contributed by atoms with Crippen LogP contribution in [0.4, 0.5) is 28.7 Å². The Kier molecular flexibility index (Phi) is 4.70. The maximum atomic E-state index is 11.1. The number of hydrogen-bond donors (Lipinski definition) is 2. The largest absolute Gasteiger partial charge is 0.340 e. The number of carbonyl (C=O) groups excluding carboxylic acids is 1. The molecule has 0 aliphatic carbocycles. The molecule has 2 N–H and O–H groups in total. The maximum Gasteiger partial charge on any atom is 0.221 e. The van der Waals surface area contributed by atoms with Crippen molar-refractivity contribution in [3.8, 4) is 0 Å². The van der Waals surface area contributed by atoms with Crippen LogP contribution >= 0.6 is 0 Å². The first kappa shape index (κ1) is 17.0. The number of hydrogen-bond acceptors (Lipinski definition) is 5. The Balaban J connectivity index is 1.54. The minimum Gasteiger partial charge on any atom is -0.340 e. The third-order valence-electron chi connectivity index (χ3n) is 4.52. The van der Waals surface area contributed by atoms with Gasteiger partial charge in [0, 0.05) is 36.6 Å². The number of nitrogens with zero attached hydrogens (tertiary/aromatic N) is 3. The summed E-state index contributed by atoms with van der Waals surface area (Å²) >= 11 is 0. The first-order valence-electron chi connectivity index (χ1n) is 9.01. The van der Waals surface area contributed by atoms with Gasteiger partial charge in [0.2, 0.25) is 5.91 Å². The zero-order valence-electron chi connectivity index (χ0n) is 15.1. The van der Waals surface area contributed by atoms with Crippen LogP contribution in [0.3, 0.4) is 0 Å². The third kappa shape index (κ3) is 3.89. The molecule has 0 unspecified atom stereocenters. The Hall–Kier alpha value is -3.41. The van der Waals surface area contributed by atoms with Gasteiger partial charge in [-0.2, -0.15) is 0 Å². The molecule has 1 aromatic heterocycles. The van der Waals surface area contributed by atoms with Crippen molar-refractivity contribution in [1.29, 1.82) is 0 Å². The normalized spacial score (nSPS) is 13.0. The summed E-state index contributed by atoms with van der Waals surface area (Å²) in [6, 6.07) is 18.0. The number of aryl methyl sites for hydroxylation is 1. The predicted octanol–water partition coefficient (Wildman–Crippen LogP) is 4.26. The molecule has 3 aromatic rings. The summed E-state index contributed by atoms with van der Waals surface area (Å²) in [6.45, 7) is 2.44. The van der Waals surface area contributed by atoms with Crippen LogP contribution in [-0.2, 0) is 11.2 Å². The van der Waals surface area contributed by atoms with E-state index in [0.717, 1.165) is 42.4 Å². The van der Waals surface area contributed by atoms with E-state index >= 15 is 0 Å². The summed E-state index contributed by atoms with van der Waals surface area (Å²) in [5, 5.41) is 6.06. The van der Waals surface area contributed by atoms with Gasteiger partial charge >= 0.3 is 0 Å². The summed E-state index contributed by atoms with van der Waals surface area (Å²) in [7, 11) is 0. The van der Waals surface area contributed by atoms with Gasteiger partial charge in [0.1, 0.15) is 18.0 Å². The smallest absolute Gasteiger partial charge is 0.221 e. The minimum atomic E-state index is -0.0852. The number of aromatic nitrogens is 2. The van der Waals surface area contributed by atoms with Crippen molar-refractivity contribution in [2.24, 2.45) is 0 Å². The number of carbonyl (C=O) groups is 1. The lowest BCUT2D eigenvalue weighted by molar-refractivity contribution is -0.114. The summed E-state index contributed by atoms with van der Waals surface area (Å²) < 4.78 is 0. The topological polar surface area (TPSA) is 70.2 Å². The minimum absolute atomic E-state index is 0.0852. The van der Waals surface area contributed by atoms with Crippen LogP contribution in [0.2, 0.25) is 0 Å². The molecule has 6 nitrogen and oxygen atoms in total. The molecule has 0 saturated heterocycles. The van der Waals surface area contributed by atoms with E-state index in [-0.39, 0.29) is 5.91 Å². The Labute approximate surface area is 158 Å². The number of para-hydroxylation sites is 1. The second-order valence-electron chi connectivity index (χ2n) is 6.53. The number of amides is 1. The van der Waals surface area contributed by atoms with Crippen LogP contribution in [-0.4, -0.2) is 22.4 Å². The SMILES string of the molecule is CC(=O)Nc1ccc(Nc2cc(N3CCCc4ccccc43)ncn2)cc1. The molecule has 0 saturated carbocycles. The van der Waals surface area contributed by atoms with E-state index in [1.165, 1.54) is 18.2 Å². The van der Waals surface area contributed by atoms with Gasteiger partial charge in [-0.15, -0.1) is 0 Å². The van der Waals surface area contributed by atoms with Crippen molar-refractivity contribution in [3.63, 3.8) is 0 Å². The third-order valence-corrected chi connectivity index (χ3v) is 4.52. The van der Waals surface area contributed by atoms with Crippen molar-refractivity contribution >= 4 is 34.6 Å². The molecule has 27 heavy (non-hydrogen) atoms. The lowest BCUT2D eigenvalue weighted by Crippen LogP contribution is -2.25. The van der Waals surface area contributed by atoms with E-state index < -0.39 is 0 Å². The molecule has 136 valence electrons. The second kappa shape index (κ2) is 7.45. The Morgan fingerprint density at radius 2 is 1.81 bits per heavy atom. The Bertz CT molecular complexity index is 955. The zero-order valence-corrected chi connectivity index (χ0v) is 15.1. The standard InChI is InChI=1S/C21H21N5O/c1-15(27)24-17-8-10-18(11-9-17)25-20-13-21(23-14-22-20)26-12-4-6-16-5-2-3-7-19(16)26/h2-3,5,7-11,13-14H,4,6,12H2,1H3,(H,24,27)(H,22,23,25). The fourth-order valence-corrected chi connectivity index (χ4v) is 3.32. The molecule has 4 rings (SSSR count). The number of benzene rings is 2. The lowest BCUT2D eigenvalue weighted by Gasteiger charge is -2.30. The molecule has 2 heterocycles. The van der Waals surface area contributed by atoms with Crippen LogP contribution in [0.5, 0.6) is 0 Å². The van der Waals surface area contributed by atoms with Gasteiger partial charge in [-0.05, 0) is 48.7 Å². The van der Waals surface area contributed by atoms with Crippen molar-refractivity contribution in [3.05, 3.63) is 66.5 Å². The molecule has 0 radical (unpaired) electrons. The van der Waals surface area contributed by atoms with E-state index in [2.05, 4.69) is 49.8 Å². The zero-order chi connectivity index (χ0) is 18.6. The molecule has 0 bridgehead atoms. The second-order valence-corrected chi connectivity index (χ2v) is 6.53. The average molecular weight is 359 g/mol. The van der Waals surface area contributed by atoms with E-state index in [9.17, 15) is 4.79 Å². The van der Waals surface area contributed by atoms with E-state index in [4.69, 9.17) is 0 Å². The van der Waals surface area contributed by atoms with Crippen LogP contribution in [0.15, 0.2) is 60.9 Å². The molecule has 1 amide bonds. The number of nitrogens with one attached hydrogen (secondary N) is 2. The molecule has 0 atom stereocenters. The molecule has 6 heteroatoms. The highest BCUT2D eigenvalue weighted by atomic mass is 16.1. The predicted molar refractivity (Wildman–Crippen MR) is 108 cm³/mol. The summed E-state index contributed by atoms with van der Waals surface area (Å²) in [5.74, 6) is 1.53. The van der Waals surface area contributed by atoms with Gasteiger partial charge in [0.15, 0.2) is 0 Å². The monoisotopic (exact) mass is 359 g/mol. The van der Waals surface area contributed by atoms with Gasteiger partial charge in [0.05, 0.1) is 0 Å². The fraction of sp³-hybridized carbons (Fsp3) is 0.190. The number of rotatable bonds is 4. The summed E-state index contributed by atoms with van der Waals surface area (Å²) in [5.41, 5.74) is 4.23. The number of anilines is 5. The highest BCUT2D eigenvalue weighted by Gasteiger charge is 2.19. The molecule has 1 aliphatic rings. The van der Waals surface area contributed by atoms with Gasteiger partial charge in [-0.25, -0.2) is 9.97 Å². The maximum absolute atomic E-state index is 11.1. The molecular formula is C21H21N5O. The summed E-state index contributed by atoms with van der Waals surface area (Å²) in [4.78, 5) is 22.2. The van der Waals surface area contributed by atoms with Crippen molar-refractivity contribution in [1.82, 2.24) is 9.97 Å². The lowest BCUT2D eigenvalue weighted by atomic mass is 10.0. The van der Waals surface area contributed by atoms with Crippen molar-refractivity contribution in [2.75, 3.05) is 22.1 Å². The molecule has 0 spiro atoms. The first-order chi connectivity index (χ1) is 13.2. The number of fused-ring (bicyclic) bond motifs is 1. The molecule has 2 aromatic carbocycles. The average Bonchev–Trinajstić information content (AvgIpc) is 2.69. The Morgan fingerprint density at radius 3 is 2.63 bits per heavy atom. The fourth-order valence-electron chi connectivity index (χ4n) is 3.32. The van der Waals surface area contributed by atoms with Crippen LogP contribution in [0, 0.1) is 0 Å². The van der Waals surface area contributed by atoms with Gasteiger partial charge < -0.3 is 15.5 Å². The van der Waals surface area contributed by atoms with Gasteiger partial charge in [0.25, 0.3) is 0 Å². The molecular weight excluding hydrogens is 338 g/mol. The van der Waals surface area contributed by atoms with E-state index in [1.54, 1.807) is 6.33 Å². The van der Waals surface area contributed by atoms with Gasteiger partial charge in [-0.3, -0.25) is 4.79 Å². The van der Waals surface area contributed by atoms with Crippen LogP contribution in [0.1, 0.15) is 18.9 Å².